The first-order valence-corrected chi connectivity index (χ1v) is 9.82. The number of benzene rings is 1. The van der Waals surface area contributed by atoms with Crippen molar-refractivity contribution in [2.45, 2.75) is 51.7 Å². The molecule has 0 atom stereocenters. The number of ether oxygens (including phenoxy) is 2. The topological polar surface area (TPSA) is 69.4 Å². The lowest BCUT2D eigenvalue weighted by atomic mass is 9.77. The molecule has 1 N–H and O–H groups in total. The van der Waals surface area contributed by atoms with E-state index in [2.05, 4.69) is 14.8 Å². The van der Waals surface area contributed by atoms with Crippen LogP contribution in [-0.2, 0) is 4.74 Å². The summed E-state index contributed by atoms with van der Waals surface area (Å²) in [6.45, 7) is 5.52. The molecule has 2 heterocycles. The van der Waals surface area contributed by atoms with Crippen LogP contribution in [0.15, 0.2) is 24.4 Å². The van der Waals surface area contributed by atoms with Crippen molar-refractivity contribution in [2.24, 2.45) is 0 Å². The lowest BCUT2D eigenvalue weighted by Gasteiger charge is -2.41. The van der Waals surface area contributed by atoms with Crippen LogP contribution in [0.1, 0.15) is 48.9 Å². The number of aryl methyl sites for hydroxylation is 2. The number of alkyl halides is 2. The number of hydrogen-bond donors (Lipinski definition) is 1. The largest absolute Gasteiger partial charge is 0.467 e. The van der Waals surface area contributed by atoms with E-state index in [4.69, 9.17) is 9.47 Å². The van der Waals surface area contributed by atoms with E-state index in [1.54, 1.807) is 6.92 Å². The van der Waals surface area contributed by atoms with E-state index in [1.165, 1.54) is 19.2 Å². The van der Waals surface area contributed by atoms with Gasteiger partial charge in [-0.1, -0.05) is 0 Å². The monoisotopic (exact) mass is 417 g/mol. The first kappa shape index (κ1) is 20.7. The molecule has 1 saturated carbocycles. The molecule has 0 spiro atoms. The average molecular weight is 417 g/mol. The van der Waals surface area contributed by atoms with Gasteiger partial charge in [-0.3, -0.25) is 0 Å². The summed E-state index contributed by atoms with van der Waals surface area (Å²) in [6.07, 6.45) is 0.760. The van der Waals surface area contributed by atoms with Crippen LogP contribution in [-0.4, -0.2) is 39.4 Å². The average Bonchev–Trinajstić information content (AvgIpc) is 2.99. The number of methoxy groups -OCH3 is 1. The Morgan fingerprint density at radius 3 is 2.57 bits per heavy atom. The molecule has 0 radical (unpaired) electrons. The zero-order valence-electron chi connectivity index (χ0n) is 17.4. The zero-order chi connectivity index (χ0) is 21.6. The first-order valence-electron chi connectivity index (χ1n) is 9.82. The van der Waals surface area contributed by atoms with Gasteiger partial charge >= 0.3 is 0 Å². The van der Waals surface area contributed by atoms with Crippen LogP contribution in [0.4, 0.5) is 8.78 Å². The second-order valence-electron chi connectivity index (χ2n) is 8.31. The molecule has 1 aliphatic carbocycles. The second kappa shape index (κ2) is 7.59. The van der Waals surface area contributed by atoms with Gasteiger partial charge in [0.25, 0.3) is 6.43 Å². The van der Waals surface area contributed by atoms with E-state index in [0.717, 1.165) is 16.6 Å². The zero-order valence-corrected chi connectivity index (χ0v) is 17.4. The van der Waals surface area contributed by atoms with Crippen LogP contribution in [0.2, 0.25) is 0 Å². The van der Waals surface area contributed by atoms with Crippen molar-refractivity contribution >= 4 is 11.0 Å². The number of rotatable bonds is 6. The Kier molecular flexibility index (Phi) is 5.23. The normalized spacial score (nSPS) is 21.3. The van der Waals surface area contributed by atoms with E-state index in [9.17, 15) is 13.9 Å². The molecule has 1 aliphatic rings. The number of halogens is 2. The maximum Gasteiger partial charge on any atom is 0.263 e. The highest BCUT2D eigenvalue weighted by molar-refractivity contribution is 5.85. The third-order valence-corrected chi connectivity index (χ3v) is 5.68. The summed E-state index contributed by atoms with van der Waals surface area (Å²) in [7, 11) is 1.47. The van der Waals surface area contributed by atoms with Gasteiger partial charge in [0.05, 0.1) is 11.3 Å². The lowest BCUT2D eigenvalue weighted by Crippen LogP contribution is -2.41. The van der Waals surface area contributed by atoms with Crippen LogP contribution in [0, 0.1) is 13.8 Å². The minimum absolute atomic E-state index is 0.0637. The number of aromatic nitrogens is 3. The Morgan fingerprint density at radius 2 is 1.93 bits per heavy atom. The molecule has 0 aliphatic heterocycles. The third-order valence-electron chi connectivity index (χ3n) is 5.68. The summed E-state index contributed by atoms with van der Waals surface area (Å²) in [5.41, 5.74) is 2.82. The Morgan fingerprint density at radius 1 is 1.20 bits per heavy atom. The summed E-state index contributed by atoms with van der Waals surface area (Å²) in [5, 5.41) is 19.9. The summed E-state index contributed by atoms with van der Waals surface area (Å²) in [5.74, 6) is 0.285. The van der Waals surface area contributed by atoms with Gasteiger partial charge < -0.3 is 19.1 Å². The smallest absolute Gasteiger partial charge is 0.263 e. The van der Waals surface area contributed by atoms with Crippen LogP contribution < -0.4 is 4.74 Å². The third kappa shape index (κ3) is 3.65. The Labute approximate surface area is 173 Å². The predicted octanol–water partition coefficient (Wildman–Crippen LogP) is 4.72. The van der Waals surface area contributed by atoms with Crippen molar-refractivity contribution in [3.63, 3.8) is 0 Å². The SMILES string of the molecule is COCOc1cc(C(F)F)cc(C)c1-c1cc2c(C)cn(C3CC(C)(O)C3)c2nn1. The lowest BCUT2D eigenvalue weighted by molar-refractivity contribution is -0.0498. The number of fused-ring (bicyclic) bond motifs is 1. The molecule has 2 aromatic heterocycles. The van der Waals surface area contributed by atoms with Gasteiger partial charge in [-0.15, -0.1) is 10.2 Å². The molecular formula is C22H25F2N3O3. The molecule has 3 aromatic rings. The summed E-state index contributed by atoms with van der Waals surface area (Å²) in [4.78, 5) is 0. The molecular weight excluding hydrogens is 392 g/mol. The van der Waals surface area contributed by atoms with Crippen molar-refractivity contribution in [3.05, 3.63) is 41.1 Å². The number of hydrogen-bond acceptors (Lipinski definition) is 5. The molecule has 30 heavy (non-hydrogen) atoms. The number of nitrogens with zero attached hydrogens (tertiary/aromatic N) is 3. The highest BCUT2D eigenvalue weighted by Gasteiger charge is 2.40. The summed E-state index contributed by atoms with van der Waals surface area (Å²) in [6, 6.07) is 4.87. The second-order valence-corrected chi connectivity index (χ2v) is 8.31. The van der Waals surface area contributed by atoms with Gasteiger partial charge in [0.15, 0.2) is 12.4 Å². The van der Waals surface area contributed by atoms with E-state index in [-0.39, 0.29) is 24.1 Å². The first-order chi connectivity index (χ1) is 14.2. The summed E-state index contributed by atoms with van der Waals surface area (Å²) < 4.78 is 39.2. The van der Waals surface area contributed by atoms with E-state index in [0.29, 0.717) is 29.7 Å². The standard InChI is InChI=1S/C22H25F2N3O3/c1-12-5-14(20(23)24)6-18(30-11-29-4)19(12)17-7-16-13(2)10-27(21(16)26-25-17)15-8-22(3,28)9-15/h5-7,10,15,20,28H,8-9,11H2,1-4H3. The fraction of sp³-hybridized carbons (Fsp3) is 0.455. The highest BCUT2D eigenvalue weighted by atomic mass is 19.3. The highest BCUT2D eigenvalue weighted by Crippen LogP contribution is 2.43. The maximum atomic E-state index is 13.3. The van der Waals surface area contributed by atoms with Crippen LogP contribution in [0.25, 0.3) is 22.3 Å². The molecule has 0 amide bonds. The van der Waals surface area contributed by atoms with Crippen molar-refractivity contribution < 1.29 is 23.4 Å². The van der Waals surface area contributed by atoms with Gasteiger partial charge in [-0.05, 0) is 62.9 Å². The van der Waals surface area contributed by atoms with Crippen molar-refractivity contribution in [3.8, 4) is 17.0 Å². The molecule has 6 nitrogen and oxygen atoms in total. The quantitative estimate of drug-likeness (QED) is 0.588. The van der Waals surface area contributed by atoms with Crippen LogP contribution in [0.3, 0.4) is 0 Å². The Hall–Kier alpha value is -2.58. The van der Waals surface area contributed by atoms with Gasteiger partial charge in [-0.2, -0.15) is 0 Å². The van der Waals surface area contributed by atoms with Crippen molar-refractivity contribution in [1.29, 1.82) is 0 Å². The van der Waals surface area contributed by atoms with E-state index >= 15 is 0 Å². The molecule has 8 heteroatoms. The van der Waals surface area contributed by atoms with Crippen molar-refractivity contribution in [2.75, 3.05) is 13.9 Å². The van der Waals surface area contributed by atoms with E-state index < -0.39 is 12.0 Å². The molecule has 4 rings (SSSR count). The number of aliphatic hydroxyl groups is 1. The predicted molar refractivity (Wildman–Crippen MR) is 109 cm³/mol. The van der Waals surface area contributed by atoms with E-state index in [1.807, 2.05) is 26.1 Å². The molecule has 0 bridgehead atoms. The molecule has 160 valence electrons. The Balaban J connectivity index is 1.79. The fourth-order valence-electron chi connectivity index (χ4n) is 4.23. The fourth-order valence-corrected chi connectivity index (χ4v) is 4.23. The summed E-state index contributed by atoms with van der Waals surface area (Å²) >= 11 is 0. The molecule has 0 unspecified atom stereocenters. The van der Waals surface area contributed by atoms with Crippen LogP contribution >= 0.6 is 0 Å². The Bertz CT molecular complexity index is 1090. The minimum Gasteiger partial charge on any atom is -0.467 e. The molecule has 0 saturated heterocycles. The van der Waals surface area contributed by atoms with Crippen LogP contribution in [0.5, 0.6) is 5.75 Å². The molecule has 1 fully saturated rings. The van der Waals surface area contributed by atoms with Gasteiger partial charge in [0.2, 0.25) is 0 Å². The maximum absolute atomic E-state index is 13.3. The van der Waals surface area contributed by atoms with Crippen molar-refractivity contribution in [1.82, 2.24) is 14.8 Å². The van der Waals surface area contributed by atoms with Gasteiger partial charge in [0.1, 0.15) is 5.75 Å². The minimum atomic E-state index is -2.60. The van der Waals surface area contributed by atoms with Gasteiger partial charge in [-0.25, -0.2) is 8.78 Å². The molecule has 1 aromatic carbocycles. The van der Waals surface area contributed by atoms with Gasteiger partial charge in [0, 0.05) is 35.9 Å².